The number of amides is 1. The molecule has 3 aromatic rings. The monoisotopic (exact) mass is 415 g/mol. The highest BCUT2D eigenvalue weighted by Crippen LogP contribution is 2.31. The van der Waals surface area contributed by atoms with Crippen LogP contribution in [0.25, 0.3) is 10.8 Å². The summed E-state index contributed by atoms with van der Waals surface area (Å²) in [7, 11) is 4.06. The molecule has 1 aliphatic rings. The van der Waals surface area contributed by atoms with Gasteiger partial charge in [-0.2, -0.15) is 0 Å². The number of hydrogen-bond acceptors (Lipinski definition) is 3. The van der Waals surface area contributed by atoms with Gasteiger partial charge in [-0.1, -0.05) is 54.6 Å². The van der Waals surface area contributed by atoms with Crippen LogP contribution in [0.5, 0.6) is 0 Å². The molecule has 0 bridgehead atoms. The molecule has 4 rings (SSSR count). The van der Waals surface area contributed by atoms with Crippen molar-refractivity contribution in [1.82, 2.24) is 10.2 Å². The first-order valence-electron chi connectivity index (χ1n) is 11.3. The van der Waals surface area contributed by atoms with Crippen LogP contribution in [0.3, 0.4) is 0 Å². The lowest BCUT2D eigenvalue weighted by Gasteiger charge is -2.36. The van der Waals surface area contributed by atoms with E-state index in [1.807, 2.05) is 20.2 Å². The molecule has 4 heteroatoms. The van der Waals surface area contributed by atoms with Crippen LogP contribution in [0.1, 0.15) is 36.9 Å². The highest BCUT2D eigenvalue weighted by Gasteiger charge is 2.28. The fraction of sp³-hybridized carbons (Fsp3) is 0.370. The van der Waals surface area contributed by atoms with E-state index in [1.165, 1.54) is 16.3 Å². The molecule has 0 spiro atoms. The summed E-state index contributed by atoms with van der Waals surface area (Å²) in [6, 6.07) is 23.9. The van der Waals surface area contributed by atoms with Crippen molar-refractivity contribution < 1.29 is 4.79 Å². The molecule has 1 aliphatic heterocycles. The zero-order valence-electron chi connectivity index (χ0n) is 18.8. The summed E-state index contributed by atoms with van der Waals surface area (Å²) in [5, 5.41) is 5.78. The number of anilines is 1. The summed E-state index contributed by atoms with van der Waals surface area (Å²) in [5.74, 6) is 0.292. The molecular formula is C27H33N3O. The van der Waals surface area contributed by atoms with E-state index in [2.05, 4.69) is 82.7 Å². The van der Waals surface area contributed by atoms with Crippen LogP contribution in [-0.4, -0.2) is 38.0 Å². The molecule has 0 saturated carbocycles. The van der Waals surface area contributed by atoms with Crippen LogP contribution in [0.2, 0.25) is 0 Å². The van der Waals surface area contributed by atoms with E-state index in [4.69, 9.17) is 0 Å². The van der Waals surface area contributed by atoms with Gasteiger partial charge in [0, 0.05) is 38.3 Å². The number of hydrogen-bond donors (Lipinski definition) is 1. The summed E-state index contributed by atoms with van der Waals surface area (Å²) >= 11 is 0. The zero-order valence-corrected chi connectivity index (χ0v) is 18.8. The molecule has 4 nitrogen and oxygen atoms in total. The van der Waals surface area contributed by atoms with Crippen LogP contribution in [0.15, 0.2) is 66.7 Å². The Kier molecular flexibility index (Phi) is 6.57. The van der Waals surface area contributed by atoms with Gasteiger partial charge in [-0.25, -0.2) is 0 Å². The number of carbonyl (C=O) groups is 1. The van der Waals surface area contributed by atoms with Crippen LogP contribution in [0.4, 0.5) is 5.69 Å². The van der Waals surface area contributed by atoms with Gasteiger partial charge in [-0.3, -0.25) is 9.69 Å². The quantitative estimate of drug-likeness (QED) is 0.616. The van der Waals surface area contributed by atoms with Crippen molar-refractivity contribution in [2.45, 2.75) is 32.4 Å². The van der Waals surface area contributed by atoms with Gasteiger partial charge < -0.3 is 10.2 Å². The first-order valence-corrected chi connectivity index (χ1v) is 11.3. The lowest BCUT2D eigenvalue weighted by Crippen LogP contribution is -2.41. The number of benzene rings is 3. The lowest BCUT2D eigenvalue weighted by molar-refractivity contribution is -0.126. The molecule has 1 N–H and O–H groups in total. The Balaban J connectivity index is 1.33. The second kappa shape index (κ2) is 9.52. The second-order valence-corrected chi connectivity index (χ2v) is 8.84. The fourth-order valence-corrected chi connectivity index (χ4v) is 4.64. The molecule has 1 atom stereocenters. The van der Waals surface area contributed by atoms with E-state index in [-0.39, 0.29) is 11.8 Å². The molecule has 0 aromatic heterocycles. The predicted octanol–water partition coefficient (Wildman–Crippen LogP) is 5.00. The first-order chi connectivity index (χ1) is 15.0. The maximum Gasteiger partial charge on any atom is 0.223 e. The molecule has 3 aromatic carbocycles. The molecule has 0 aliphatic carbocycles. The van der Waals surface area contributed by atoms with E-state index >= 15 is 0 Å². The van der Waals surface area contributed by atoms with Gasteiger partial charge in [0.15, 0.2) is 0 Å². The molecule has 1 unspecified atom stereocenters. The van der Waals surface area contributed by atoms with Gasteiger partial charge >= 0.3 is 0 Å². The van der Waals surface area contributed by atoms with Crippen LogP contribution in [-0.2, 0) is 11.3 Å². The maximum absolute atomic E-state index is 12.8. The van der Waals surface area contributed by atoms with Crippen molar-refractivity contribution in [3.05, 3.63) is 77.9 Å². The number of rotatable bonds is 6. The first kappa shape index (κ1) is 21.4. The van der Waals surface area contributed by atoms with Crippen molar-refractivity contribution in [3.8, 4) is 0 Å². The van der Waals surface area contributed by atoms with Crippen molar-refractivity contribution in [1.29, 1.82) is 0 Å². The Bertz CT molecular complexity index is 1030. The van der Waals surface area contributed by atoms with Gasteiger partial charge in [-0.15, -0.1) is 0 Å². The Labute approximate surface area is 185 Å². The third-order valence-corrected chi connectivity index (χ3v) is 6.62. The minimum absolute atomic E-state index is 0.105. The molecule has 0 radical (unpaired) electrons. The number of likely N-dealkylation sites (tertiary alicyclic amines) is 1. The van der Waals surface area contributed by atoms with E-state index in [0.29, 0.717) is 12.6 Å². The molecule has 31 heavy (non-hydrogen) atoms. The largest absolute Gasteiger partial charge is 0.378 e. The van der Waals surface area contributed by atoms with Crippen LogP contribution in [0, 0.1) is 5.92 Å². The summed E-state index contributed by atoms with van der Waals surface area (Å²) in [4.78, 5) is 17.4. The van der Waals surface area contributed by atoms with Crippen molar-refractivity contribution in [3.63, 3.8) is 0 Å². The average molecular weight is 416 g/mol. The van der Waals surface area contributed by atoms with Gasteiger partial charge in [0.25, 0.3) is 0 Å². The van der Waals surface area contributed by atoms with Gasteiger partial charge in [-0.05, 0) is 66.9 Å². The fourth-order valence-electron chi connectivity index (χ4n) is 4.64. The SMILES string of the molecule is CC(c1cccc2ccccc12)N1CCC(C(=O)NCc2cccc(N(C)C)c2)CC1. The topological polar surface area (TPSA) is 35.6 Å². The molecule has 1 fully saturated rings. The molecule has 1 amide bonds. The average Bonchev–Trinajstić information content (AvgIpc) is 2.82. The lowest BCUT2D eigenvalue weighted by atomic mass is 9.92. The van der Waals surface area contributed by atoms with E-state index in [0.717, 1.165) is 37.2 Å². The number of carbonyl (C=O) groups excluding carboxylic acids is 1. The normalized spacial score (nSPS) is 16.2. The van der Waals surface area contributed by atoms with Gasteiger partial charge in [0.2, 0.25) is 5.91 Å². The second-order valence-electron chi connectivity index (χ2n) is 8.84. The highest BCUT2D eigenvalue weighted by molar-refractivity contribution is 5.86. The molecule has 1 saturated heterocycles. The van der Waals surface area contributed by atoms with Gasteiger partial charge in [0.1, 0.15) is 0 Å². The summed E-state index contributed by atoms with van der Waals surface area (Å²) < 4.78 is 0. The zero-order chi connectivity index (χ0) is 21.8. The number of nitrogens with one attached hydrogen (secondary N) is 1. The van der Waals surface area contributed by atoms with E-state index < -0.39 is 0 Å². The van der Waals surface area contributed by atoms with Crippen molar-refractivity contribution in [2.24, 2.45) is 5.92 Å². The Hall–Kier alpha value is -2.85. The maximum atomic E-state index is 12.8. The Morgan fingerprint density at radius 1 is 1.03 bits per heavy atom. The Morgan fingerprint density at radius 2 is 1.74 bits per heavy atom. The summed E-state index contributed by atoms with van der Waals surface area (Å²) in [6.45, 7) is 4.80. The third kappa shape index (κ3) is 4.91. The number of fused-ring (bicyclic) bond motifs is 1. The minimum atomic E-state index is 0.105. The van der Waals surface area contributed by atoms with E-state index in [9.17, 15) is 4.79 Å². The third-order valence-electron chi connectivity index (χ3n) is 6.62. The van der Waals surface area contributed by atoms with Crippen LogP contribution < -0.4 is 10.2 Å². The van der Waals surface area contributed by atoms with Crippen LogP contribution >= 0.6 is 0 Å². The summed E-state index contributed by atoms with van der Waals surface area (Å²) in [5.41, 5.74) is 3.67. The van der Waals surface area contributed by atoms with E-state index in [1.54, 1.807) is 0 Å². The molecular weight excluding hydrogens is 382 g/mol. The van der Waals surface area contributed by atoms with Crippen molar-refractivity contribution in [2.75, 3.05) is 32.1 Å². The highest BCUT2D eigenvalue weighted by atomic mass is 16.1. The minimum Gasteiger partial charge on any atom is -0.378 e. The predicted molar refractivity (Wildman–Crippen MR) is 129 cm³/mol. The van der Waals surface area contributed by atoms with Crippen molar-refractivity contribution >= 4 is 22.4 Å². The van der Waals surface area contributed by atoms with Gasteiger partial charge in [0.05, 0.1) is 0 Å². The number of nitrogens with zero attached hydrogens (tertiary/aromatic N) is 2. The molecule has 1 heterocycles. The molecule has 162 valence electrons. The standard InChI is InChI=1S/C27H33N3O/c1-20(25-13-7-10-22-9-4-5-12-26(22)25)30-16-14-23(15-17-30)27(31)28-19-21-8-6-11-24(18-21)29(2)3/h4-13,18,20,23H,14-17,19H2,1-3H3,(H,28,31). The summed E-state index contributed by atoms with van der Waals surface area (Å²) in [6.07, 6.45) is 1.83. The Morgan fingerprint density at radius 3 is 2.52 bits per heavy atom. The smallest absolute Gasteiger partial charge is 0.223 e. The number of piperidine rings is 1.